The van der Waals surface area contributed by atoms with Crippen LogP contribution in [0.1, 0.15) is 57.4 Å². The summed E-state index contributed by atoms with van der Waals surface area (Å²) in [5.74, 6) is 1.18. The van der Waals surface area contributed by atoms with Crippen molar-refractivity contribution in [1.29, 1.82) is 0 Å². The quantitative estimate of drug-likeness (QED) is 0.780. The van der Waals surface area contributed by atoms with Crippen molar-refractivity contribution in [2.45, 2.75) is 51.6 Å². The van der Waals surface area contributed by atoms with Gasteiger partial charge in [0.25, 0.3) is 0 Å². The zero-order valence-corrected chi connectivity index (χ0v) is 13.0. The molecule has 1 unspecified atom stereocenters. The van der Waals surface area contributed by atoms with Crippen LogP contribution in [0.5, 0.6) is 0 Å². The van der Waals surface area contributed by atoms with Gasteiger partial charge in [0.2, 0.25) is 0 Å². The number of aliphatic hydroxyl groups is 1. The molecular weight excluding hydrogens is 250 g/mol. The first kappa shape index (κ1) is 15.5. The van der Waals surface area contributed by atoms with E-state index in [0.717, 1.165) is 31.8 Å². The van der Waals surface area contributed by atoms with E-state index >= 15 is 0 Å². The van der Waals surface area contributed by atoms with Crippen LogP contribution in [0, 0.1) is 5.92 Å². The molecule has 1 aromatic heterocycles. The minimum atomic E-state index is -0.405. The number of nitrogens with zero attached hydrogens (tertiary/aromatic N) is 3. The number of aromatic nitrogens is 2. The molecule has 2 rings (SSSR count). The molecule has 2 heterocycles. The van der Waals surface area contributed by atoms with Crippen LogP contribution in [0.4, 0.5) is 0 Å². The molecule has 0 aliphatic carbocycles. The minimum Gasteiger partial charge on any atom is -0.385 e. The molecule has 1 aromatic rings. The van der Waals surface area contributed by atoms with Gasteiger partial charge in [-0.2, -0.15) is 0 Å². The van der Waals surface area contributed by atoms with E-state index in [1.54, 1.807) is 6.20 Å². The highest BCUT2D eigenvalue weighted by atomic mass is 16.3. The Balaban J connectivity index is 1.72. The fourth-order valence-corrected chi connectivity index (χ4v) is 3.13. The van der Waals surface area contributed by atoms with E-state index in [0.29, 0.717) is 5.92 Å². The number of likely N-dealkylation sites (tertiary alicyclic amines) is 1. The number of aliphatic hydroxyl groups excluding tert-OH is 1. The molecule has 1 aliphatic heterocycles. The molecule has 0 amide bonds. The van der Waals surface area contributed by atoms with Crippen LogP contribution in [-0.2, 0) is 7.05 Å². The Labute approximate surface area is 122 Å². The third-order valence-corrected chi connectivity index (χ3v) is 4.53. The Morgan fingerprint density at radius 2 is 2.05 bits per heavy atom. The number of imidazole rings is 1. The van der Waals surface area contributed by atoms with Gasteiger partial charge < -0.3 is 14.6 Å². The molecule has 0 aromatic carbocycles. The van der Waals surface area contributed by atoms with Crippen LogP contribution in [-0.4, -0.2) is 39.2 Å². The van der Waals surface area contributed by atoms with Gasteiger partial charge in [-0.25, -0.2) is 4.98 Å². The van der Waals surface area contributed by atoms with Crippen molar-refractivity contribution in [1.82, 2.24) is 14.5 Å². The van der Waals surface area contributed by atoms with E-state index in [-0.39, 0.29) is 0 Å². The van der Waals surface area contributed by atoms with E-state index in [1.807, 2.05) is 17.8 Å². The summed E-state index contributed by atoms with van der Waals surface area (Å²) < 4.78 is 1.93. The maximum atomic E-state index is 10.4. The number of piperidine rings is 1. The maximum Gasteiger partial charge on any atom is 0.137 e. The predicted molar refractivity (Wildman–Crippen MR) is 81.5 cm³/mol. The van der Waals surface area contributed by atoms with Gasteiger partial charge in [0.1, 0.15) is 11.9 Å². The van der Waals surface area contributed by atoms with Crippen LogP contribution in [0.2, 0.25) is 0 Å². The third kappa shape index (κ3) is 4.06. The van der Waals surface area contributed by atoms with E-state index in [1.165, 1.54) is 32.2 Å². The lowest BCUT2D eigenvalue weighted by molar-refractivity contribution is 0.0507. The van der Waals surface area contributed by atoms with Crippen molar-refractivity contribution >= 4 is 0 Å². The van der Waals surface area contributed by atoms with Gasteiger partial charge in [-0.1, -0.05) is 26.2 Å². The van der Waals surface area contributed by atoms with E-state index < -0.39 is 6.10 Å². The highest BCUT2D eigenvalue weighted by Crippen LogP contribution is 2.29. The van der Waals surface area contributed by atoms with Crippen LogP contribution in [0.15, 0.2) is 12.4 Å². The van der Waals surface area contributed by atoms with Gasteiger partial charge in [-0.15, -0.1) is 0 Å². The Bertz CT molecular complexity index is 383. The average Bonchev–Trinajstić information content (AvgIpc) is 2.90. The van der Waals surface area contributed by atoms with Crippen molar-refractivity contribution in [3.8, 4) is 0 Å². The molecule has 4 heteroatoms. The fraction of sp³-hybridized carbons (Fsp3) is 0.812. The standard InChI is InChI=1S/C16H29N3O/c1-3-4-5-6-10-19-11-7-14(8-12-19)15(20)16-17-9-13-18(16)2/h9,13-15,20H,3-8,10-12H2,1-2H3. The second-order valence-electron chi connectivity index (χ2n) is 6.08. The van der Waals surface area contributed by atoms with Gasteiger partial charge in [0.15, 0.2) is 0 Å². The number of unbranched alkanes of at least 4 members (excludes halogenated alkanes) is 3. The third-order valence-electron chi connectivity index (χ3n) is 4.53. The van der Waals surface area contributed by atoms with E-state index in [4.69, 9.17) is 0 Å². The summed E-state index contributed by atoms with van der Waals surface area (Å²) in [6.07, 6.45) is 10.8. The highest BCUT2D eigenvalue weighted by Gasteiger charge is 2.28. The van der Waals surface area contributed by atoms with Crippen molar-refractivity contribution in [3.05, 3.63) is 18.2 Å². The zero-order chi connectivity index (χ0) is 14.4. The van der Waals surface area contributed by atoms with Gasteiger partial charge >= 0.3 is 0 Å². The zero-order valence-electron chi connectivity index (χ0n) is 13.0. The molecule has 1 saturated heterocycles. The van der Waals surface area contributed by atoms with Crippen molar-refractivity contribution in [3.63, 3.8) is 0 Å². The predicted octanol–water partition coefficient (Wildman–Crippen LogP) is 2.75. The molecule has 0 spiro atoms. The fourth-order valence-electron chi connectivity index (χ4n) is 3.13. The van der Waals surface area contributed by atoms with Gasteiger partial charge in [0, 0.05) is 19.4 Å². The van der Waals surface area contributed by atoms with Crippen LogP contribution < -0.4 is 0 Å². The lowest BCUT2D eigenvalue weighted by atomic mass is 9.90. The van der Waals surface area contributed by atoms with E-state index in [9.17, 15) is 5.11 Å². The first-order chi connectivity index (χ1) is 9.72. The normalized spacial score (nSPS) is 19.4. The number of hydrogen-bond acceptors (Lipinski definition) is 3. The summed E-state index contributed by atoms with van der Waals surface area (Å²) >= 11 is 0. The second-order valence-corrected chi connectivity index (χ2v) is 6.08. The molecule has 1 N–H and O–H groups in total. The summed E-state index contributed by atoms with van der Waals surface area (Å²) in [6.45, 7) is 5.73. The summed E-state index contributed by atoms with van der Waals surface area (Å²) in [5.41, 5.74) is 0. The molecule has 0 bridgehead atoms. The Morgan fingerprint density at radius 1 is 1.30 bits per heavy atom. The summed E-state index contributed by atoms with van der Waals surface area (Å²) in [6, 6.07) is 0. The number of aryl methyl sites for hydroxylation is 1. The van der Waals surface area contributed by atoms with Crippen LogP contribution in [0.3, 0.4) is 0 Å². The summed E-state index contributed by atoms with van der Waals surface area (Å²) in [5, 5.41) is 10.4. The molecule has 1 fully saturated rings. The van der Waals surface area contributed by atoms with Gasteiger partial charge in [-0.05, 0) is 44.8 Å². The molecule has 4 nitrogen and oxygen atoms in total. The minimum absolute atomic E-state index is 0.364. The van der Waals surface area contributed by atoms with Crippen LogP contribution >= 0.6 is 0 Å². The molecule has 1 aliphatic rings. The van der Waals surface area contributed by atoms with Crippen molar-refractivity contribution in [2.24, 2.45) is 13.0 Å². The SMILES string of the molecule is CCCCCCN1CCC(C(O)c2nccn2C)CC1. The molecule has 0 saturated carbocycles. The maximum absolute atomic E-state index is 10.4. The van der Waals surface area contributed by atoms with Crippen molar-refractivity contribution in [2.75, 3.05) is 19.6 Å². The largest absolute Gasteiger partial charge is 0.385 e. The Kier molecular flexibility index (Phi) is 6.05. The number of hydrogen-bond donors (Lipinski definition) is 1. The first-order valence-corrected chi connectivity index (χ1v) is 8.10. The smallest absolute Gasteiger partial charge is 0.137 e. The molecule has 0 radical (unpaired) electrons. The monoisotopic (exact) mass is 279 g/mol. The average molecular weight is 279 g/mol. The summed E-state index contributed by atoms with van der Waals surface area (Å²) in [7, 11) is 1.95. The second kappa shape index (κ2) is 7.79. The van der Waals surface area contributed by atoms with Crippen LogP contribution in [0.25, 0.3) is 0 Å². The molecular formula is C16H29N3O. The topological polar surface area (TPSA) is 41.3 Å². The number of rotatable bonds is 7. The highest BCUT2D eigenvalue weighted by molar-refractivity contribution is 4.98. The molecule has 114 valence electrons. The van der Waals surface area contributed by atoms with E-state index in [2.05, 4.69) is 16.8 Å². The van der Waals surface area contributed by atoms with Gasteiger partial charge in [-0.3, -0.25) is 0 Å². The summed E-state index contributed by atoms with van der Waals surface area (Å²) in [4.78, 5) is 6.83. The van der Waals surface area contributed by atoms with Gasteiger partial charge in [0.05, 0.1) is 0 Å². The Hall–Kier alpha value is -0.870. The van der Waals surface area contributed by atoms with Crippen molar-refractivity contribution < 1.29 is 5.11 Å². The molecule has 20 heavy (non-hydrogen) atoms. The molecule has 1 atom stereocenters. The lowest BCUT2D eigenvalue weighted by Gasteiger charge is -2.34. The first-order valence-electron chi connectivity index (χ1n) is 8.10. The lowest BCUT2D eigenvalue weighted by Crippen LogP contribution is -2.36. The Morgan fingerprint density at radius 3 is 2.65 bits per heavy atom.